The van der Waals surface area contributed by atoms with Crippen LogP contribution in [0.25, 0.3) is 10.9 Å². The van der Waals surface area contributed by atoms with Gasteiger partial charge in [-0.1, -0.05) is 32.0 Å². The Morgan fingerprint density at radius 2 is 2.05 bits per heavy atom. The van der Waals surface area contributed by atoms with Gasteiger partial charge in [0.05, 0.1) is 16.8 Å². The molecule has 110 valence electrons. The number of hydrogen-bond donors (Lipinski definition) is 2. The summed E-state index contributed by atoms with van der Waals surface area (Å²) in [6.07, 6.45) is 0.795. The van der Waals surface area contributed by atoms with Gasteiger partial charge >= 0.3 is 0 Å². The van der Waals surface area contributed by atoms with Crippen LogP contribution in [0.2, 0.25) is 0 Å². The van der Waals surface area contributed by atoms with Gasteiger partial charge in [-0.3, -0.25) is 4.68 Å². The van der Waals surface area contributed by atoms with Crippen LogP contribution in [0.1, 0.15) is 32.9 Å². The Hall–Kier alpha value is -1.39. The lowest BCUT2D eigenvalue weighted by atomic mass is 9.94. The minimum Gasteiger partial charge on any atom is -0.389 e. The Kier molecular flexibility index (Phi) is 4.45. The number of rotatable bonds is 6. The molecule has 0 aliphatic heterocycles. The van der Waals surface area contributed by atoms with Crippen molar-refractivity contribution in [1.29, 1.82) is 0 Å². The quantitative estimate of drug-likeness (QED) is 0.851. The van der Waals surface area contributed by atoms with Crippen molar-refractivity contribution < 1.29 is 5.11 Å². The summed E-state index contributed by atoms with van der Waals surface area (Å²) in [4.78, 5) is 0. The third kappa shape index (κ3) is 3.58. The van der Waals surface area contributed by atoms with Gasteiger partial charge in [0, 0.05) is 25.5 Å². The fourth-order valence-corrected chi connectivity index (χ4v) is 2.82. The summed E-state index contributed by atoms with van der Waals surface area (Å²) in [6.45, 7) is 7.39. The summed E-state index contributed by atoms with van der Waals surface area (Å²) in [5, 5.41) is 19.3. The lowest BCUT2D eigenvalue weighted by Crippen LogP contribution is -2.38. The Morgan fingerprint density at radius 1 is 1.35 bits per heavy atom. The maximum absolute atomic E-state index is 10.3. The van der Waals surface area contributed by atoms with E-state index in [1.165, 1.54) is 5.39 Å². The fourth-order valence-electron chi connectivity index (χ4n) is 2.82. The van der Waals surface area contributed by atoms with E-state index in [2.05, 4.69) is 36.4 Å². The SMILES string of the molecule is CC(C)CC(C)(O)CNCc1nn(C)c2ccccc12. The van der Waals surface area contributed by atoms with Crippen LogP contribution >= 0.6 is 0 Å². The summed E-state index contributed by atoms with van der Waals surface area (Å²) >= 11 is 0. The molecule has 2 rings (SSSR count). The van der Waals surface area contributed by atoms with Crippen LogP contribution in [0.4, 0.5) is 0 Å². The van der Waals surface area contributed by atoms with Gasteiger partial charge in [-0.15, -0.1) is 0 Å². The van der Waals surface area contributed by atoms with Crippen LogP contribution in [-0.4, -0.2) is 27.0 Å². The van der Waals surface area contributed by atoms with Crippen LogP contribution in [0.15, 0.2) is 24.3 Å². The zero-order chi connectivity index (χ0) is 14.8. The smallest absolute Gasteiger partial charge is 0.0841 e. The van der Waals surface area contributed by atoms with Crippen molar-refractivity contribution in [3.05, 3.63) is 30.0 Å². The third-order valence-electron chi connectivity index (χ3n) is 3.48. The number of hydrogen-bond acceptors (Lipinski definition) is 3. The standard InChI is InChI=1S/C16H25N3O/c1-12(2)9-16(3,20)11-17-10-14-13-7-5-6-8-15(13)19(4)18-14/h5-8,12,17,20H,9-11H2,1-4H3. The molecule has 1 atom stereocenters. The Labute approximate surface area is 120 Å². The summed E-state index contributed by atoms with van der Waals surface area (Å²) in [7, 11) is 1.96. The van der Waals surface area contributed by atoms with Crippen molar-refractivity contribution in [2.24, 2.45) is 13.0 Å². The molecule has 0 aliphatic rings. The average Bonchev–Trinajstić information content (AvgIpc) is 2.65. The van der Waals surface area contributed by atoms with Gasteiger partial charge in [-0.2, -0.15) is 5.10 Å². The Balaban J connectivity index is 2.00. The number of benzene rings is 1. The Morgan fingerprint density at radius 3 is 2.75 bits per heavy atom. The monoisotopic (exact) mass is 275 g/mol. The van der Waals surface area contributed by atoms with Crippen molar-refractivity contribution in [3.63, 3.8) is 0 Å². The molecule has 2 N–H and O–H groups in total. The summed E-state index contributed by atoms with van der Waals surface area (Å²) in [5.74, 6) is 0.488. The van der Waals surface area contributed by atoms with E-state index in [0.717, 1.165) is 17.6 Å². The first kappa shape index (κ1) is 15.0. The summed E-state index contributed by atoms with van der Waals surface area (Å²) in [6, 6.07) is 8.21. The predicted molar refractivity (Wildman–Crippen MR) is 82.5 cm³/mol. The maximum Gasteiger partial charge on any atom is 0.0841 e. The second-order valence-corrected chi connectivity index (χ2v) is 6.29. The van der Waals surface area contributed by atoms with E-state index in [-0.39, 0.29) is 0 Å². The third-order valence-corrected chi connectivity index (χ3v) is 3.48. The Bertz CT molecular complexity index is 572. The molecule has 1 aromatic heterocycles. The number of para-hydroxylation sites is 1. The number of fused-ring (bicyclic) bond motifs is 1. The lowest BCUT2D eigenvalue weighted by Gasteiger charge is -2.25. The van der Waals surface area contributed by atoms with Gasteiger partial charge in [0.25, 0.3) is 0 Å². The molecule has 0 spiro atoms. The number of aryl methyl sites for hydroxylation is 1. The number of nitrogens with one attached hydrogen (secondary N) is 1. The van der Waals surface area contributed by atoms with E-state index in [4.69, 9.17) is 0 Å². The highest BCUT2D eigenvalue weighted by Crippen LogP contribution is 2.18. The van der Waals surface area contributed by atoms with Crippen LogP contribution in [0, 0.1) is 5.92 Å². The summed E-state index contributed by atoms with van der Waals surface area (Å²) in [5.41, 5.74) is 1.50. The average molecular weight is 275 g/mol. The second kappa shape index (κ2) is 5.94. The van der Waals surface area contributed by atoms with Crippen LogP contribution < -0.4 is 5.32 Å². The molecule has 1 unspecified atom stereocenters. The molecule has 20 heavy (non-hydrogen) atoms. The molecule has 1 heterocycles. The highest BCUT2D eigenvalue weighted by molar-refractivity contribution is 5.81. The number of aromatic nitrogens is 2. The zero-order valence-corrected chi connectivity index (χ0v) is 12.8. The minimum absolute atomic E-state index is 0.488. The van der Waals surface area contributed by atoms with Gasteiger partial charge in [0.2, 0.25) is 0 Å². The van der Waals surface area contributed by atoms with Gasteiger partial charge < -0.3 is 10.4 Å². The van der Waals surface area contributed by atoms with E-state index >= 15 is 0 Å². The highest BCUT2D eigenvalue weighted by Gasteiger charge is 2.21. The van der Waals surface area contributed by atoms with E-state index in [1.807, 2.05) is 30.8 Å². The van der Waals surface area contributed by atoms with E-state index in [1.54, 1.807) is 0 Å². The lowest BCUT2D eigenvalue weighted by molar-refractivity contribution is 0.0383. The molecule has 0 bridgehead atoms. The van der Waals surface area contributed by atoms with Gasteiger partial charge in [-0.05, 0) is 25.3 Å². The van der Waals surface area contributed by atoms with Gasteiger partial charge in [-0.25, -0.2) is 0 Å². The topological polar surface area (TPSA) is 50.1 Å². The molecule has 0 amide bonds. The molecule has 4 heteroatoms. The minimum atomic E-state index is -0.668. The summed E-state index contributed by atoms with van der Waals surface area (Å²) < 4.78 is 1.90. The van der Waals surface area contributed by atoms with Crippen LogP contribution in [0.5, 0.6) is 0 Å². The predicted octanol–water partition coefficient (Wildman–Crippen LogP) is 2.46. The molecule has 4 nitrogen and oxygen atoms in total. The highest BCUT2D eigenvalue weighted by atomic mass is 16.3. The van der Waals surface area contributed by atoms with E-state index in [9.17, 15) is 5.11 Å². The van der Waals surface area contributed by atoms with Crippen molar-refractivity contribution in [3.8, 4) is 0 Å². The van der Waals surface area contributed by atoms with Crippen molar-refractivity contribution in [2.75, 3.05) is 6.54 Å². The molecule has 2 aromatic rings. The molecular formula is C16H25N3O. The van der Waals surface area contributed by atoms with Crippen LogP contribution in [-0.2, 0) is 13.6 Å². The first-order valence-electron chi connectivity index (χ1n) is 7.23. The van der Waals surface area contributed by atoms with Crippen molar-refractivity contribution >= 4 is 10.9 Å². The molecule has 0 radical (unpaired) electrons. The van der Waals surface area contributed by atoms with Crippen molar-refractivity contribution in [1.82, 2.24) is 15.1 Å². The first-order chi connectivity index (χ1) is 9.39. The second-order valence-electron chi connectivity index (χ2n) is 6.29. The molecule has 1 aromatic carbocycles. The van der Waals surface area contributed by atoms with E-state index < -0.39 is 5.60 Å². The molecule has 0 saturated heterocycles. The van der Waals surface area contributed by atoms with Gasteiger partial charge in [0.15, 0.2) is 0 Å². The van der Waals surface area contributed by atoms with Crippen LogP contribution in [0.3, 0.4) is 0 Å². The molecule has 0 saturated carbocycles. The molecule has 0 fully saturated rings. The fraction of sp³-hybridized carbons (Fsp3) is 0.562. The number of aliphatic hydroxyl groups is 1. The van der Waals surface area contributed by atoms with Crippen molar-refractivity contribution in [2.45, 2.75) is 39.3 Å². The normalized spacial score (nSPS) is 14.9. The molecule has 0 aliphatic carbocycles. The molecular weight excluding hydrogens is 250 g/mol. The van der Waals surface area contributed by atoms with E-state index in [0.29, 0.717) is 19.0 Å². The zero-order valence-electron chi connectivity index (χ0n) is 12.8. The number of nitrogens with zero attached hydrogens (tertiary/aromatic N) is 2. The first-order valence-corrected chi connectivity index (χ1v) is 7.23. The maximum atomic E-state index is 10.3. The van der Waals surface area contributed by atoms with Gasteiger partial charge in [0.1, 0.15) is 0 Å². The largest absolute Gasteiger partial charge is 0.389 e.